The molecule has 1 atom stereocenters. The lowest BCUT2D eigenvalue weighted by molar-refractivity contribution is -0.223. The van der Waals surface area contributed by atoms with Crippen molar-refractivity contribution in [2.24, 2.45) is 0 Å². The van der Waals surface area contributed by atoms with Crippen LogP contribution in [0.15, 0.2) is 24.3 Å². The second-order valence-corrected chi connectivity index (χ2v) is 4.84. The summed E-state index contributed by atoms with van der Waals surface area (Å²) in [7, 11) is 3.53. The van der Waals surface area contributed by atoms with Gasteiger partial charge in [-0.05, 0) is 25.2 Å². The van der Waals surface area contributed by atoms with Crippen LogP contribution in [0.3, 0.4) is 0 Å². The molecule has 5 heteroatoms. The summed E-state index contributed by atoms with van der Waals surface area (Å²) in [4.78, 5) is 14.2. The van der Waals surface area contributed by atoms with Crippen LogP contribution in [-0.2, 0) is 9.47 Å². The van der Waals surface area contributed by atoms with Crippen LogP contribution in [0.4, 0.5) is 0 Å². The molecule has 2 rings (SSSR count). The molecule has 1 aromatic carbocycles. The van der Waals surface area contributed by atoms with Crippen LogP contribution < -0.4 is 4.74 Å². The number of ether oxygens (including phenoxy) is 3. The number of benzene rings is 1. The second-order valence-electron chi connectivity index (χ2n) is 4.84. The normalized spacial score (nSPS) is 23.9. The van der Waals surface area contributed by atoms with Gasteiger partial charge in [0.05, 0.1) is 25.8 Å². The number of likely N-dealkylation sites (N-methyl/N-ethyl adjacent to an activating group) is 1. The van der Waals surface area contributed by atoms with E-state index in [4.69, 9.17) is 14.2 Å². The van der Waals surface area contributed by atoms with Gasteiger partial charge in [-0.15, -0.1) is 0 Å². The van der Waals surface area contributed by atoms with E-state index in [0.717, 1.165) is 6.54 Å². The predicted octanol–water partition coefficient (Wildman–Crippen LogP) is 1.53. The van der Waals surface area contributed by atoms with E-state index in [9.17, 15) is 4.79 Å². The molecule has 104 valence electrons. The summed E-state index contributed by atoms with van der Waals surface area (Å²) >= 11 is 0. The first-order chi connectivity index (χ1) is 9.02. The minimum Gasteiger partial charge on any atom is -0.497 e. The van der Waals surface area contributed by atoms with Gasteiger partial charge in [-0.2, -0.15) is 0 Å². The van der Waals surface area contributed by atoms with Gasteiger partial charge in [0.25, 0.3) is 0 Å². The number of esters is 1. The molecule has 0 aromatic heterocycles. The number of nitrogens with zero attached hydrogens (tertiary/aromatic N) is 1. The molecular formula is C14H19NO4. The van der Waals surface area contributed by atoms with Crippen LogP contribution in [0, 0.1) is 0 Å². The van der Waals surface area contributed by atoms with E-state index < -0.39 is 11.8 Å². The molecule has 19 heavy (non-hydrogen) atoms. The molecule has 0 aliphatic carbocycles. The number of methoxy groups -OCH3 is 1. The molecule has 0 spiro atoms. The SMILES string of the molecule is COc1cccc(C(=O)OC2(C)CN(C)CCO2)c1. The van der Waals surface area contributed by atoms with Gasteiger partial charge in [-0.1, -0.05) is 6.07 Å². The van der Waals surface area contributed by atoms with E-state index >= 15 is 0 Å². The van der Waals surface area contributed by atoms with Crippen LogP contribution in [0.5, 0.6) is 5.75 Å². The van der Waals surface area contributed by atoms with Crippen molar-refractivity contribution in [3.05, 3.63) is 29.8 Å². The smallest absolute Gasteiger partial charge is 0.340 e. The maximum atomic E-state index is 12.1. The zero-order valence-corrected chi connectivity index (χ0v) is 11.5. The van der Waals surface area contributed by atoms with Crippen LogP contribution in [0.25, 0.3) is 0 Å². The average Bonchev–Trinajstić information content (AvgIpc) is 2.38. The van der Waals surface area contributed by atoms with E-state index in [2.05, 4.69) is 4.90 Å². The molecule has 0 saturated carbocycles. The van der Waals surface area contributed by atoms with Gasteiger partial charge >= 0.3 is 5.97 Å². The number of morpholine rings is 1. The van der Waals surface area contributed by atoms with Crippen molar-refractivity contribution in [1.29, 1.82) is 0 Å². The van der Waals surface area contributed by atoms with Crippen LogP contribution >= 0.6 is 0 Å². The monoisotopic (exact) mass is 265 g/mol. The standard InChI is InChI=1S/C14H19NO4/c1-14(10-15(2)7-8-18-14)19-13(16)11-5-4-6-12(9-11)17-3/h4-6,9H,7-8,10H2,1-3H3. The third-order valence-corrected chi connectivity index (χ3v) is 3.05. The molecule has 0 bridgehead atoms. The molecule has 1 saturated heterocycles. The highest BCUT2D eigenvalue weighted by Gasteiger charge is 2.34. The van der Waals surface area contributed by atoms with Crippen molar-refractivity contribution in [3.8, 4) is 5.75 Å². The summed E-state index contributed by atoms with van der Waals surface area (Å²) < 4.78 is 16.1. The van der Waals surface area contributed by atoms with Crippen molar-refractivity contribution in [1.82, 2.24) is 4.90 Å². The molecule has 1 unspecified atom stereocenters. The van der Waals surface area contributed by atoms with Gasteiger partial charge in [0.2, 0.25) is 5.79 Å². The number of rotatable bonds is 3. The van der Waals surface area contributed by atoms with Gasteiger partial charge in [0.15, 0.2) is 0 Å². The molecule has 5 nitrogen and oxygen atoms in total. The number of hydrogen-bond donors (Lipinski definition) is 0. The van der Waals surface area contributed by atoms with Gasteiger partial charge in [0.1, 0.15) is 5.75 Å². The second kappa shape index (κ2) is 5.59. The highest BCUT2D eigenvalue weighted by atomic mass is 16.7. The Balaban J connectivity index is 2.07. The summed E-state index contributed by atoms with van der Waals surface area (Å²) in [5.41, 5.74) is 0.456. The molecule has 0 N–H and O–H groups in total. The van der Waals surface area contributed by atoms with Gasteiger partial charge in [0, 0.05) is 13.5 Å². The fourth-order valence-electron chi connectivity index (χ4n) is 2.10. The van der Waals surface area contributed by atoms with Gasteiger partial charge in [-0.3, -0.25) is 4.90 Å². The Kier molecular flexibility index (Phi) is 4.07. The van der Waals surface area contributed by atoms with Crippen molar-refractivity contribution in [2.45, 2.75) is 12.7 Å². The van der Waals surface area contributed by atoms with Crippen molar-refractivity contribution in [3.63, 3.8) is 0 Å². The number of carbonyl (C=O) groups excluding carboxylic acids is 1. The maximum Gasteiger partial charge on any atom is 0.340 e. The third-order valence-electron chi connectivity index (χ3n) is 3.05. The molecular weight excluding hydrogens is 246 g/mol. The lowest BCUT2D eigenvalue weighted by Gasteiger charge is -2.37. The molecule has 1 aliphatic heterocycles. The summed E-state index contributed by atoms with van der Waals surface area (Å²) in [5, 5.41) is 0. The summed E-state index contributed by atoms with van der Waals surface area (Å²) in [6.07, 6.45) is 0. The predicted molar refractivity (Wildman–Crippen MR) is 70.3 cm³/mol. The fourth-order valence-corrected chi connectivity index (χ4v) is 2.10. The lowest BCUT2D eigenvalue weighted by Crippen LogP contribution is -2.51. The van der Waals surface area contributed by atoms with E-state index in [1.807, 2.05) is 7.05 Å². The first-order valence-electron chi connectivity index (χ1n) is 6.22. The number of hydrogen-bond acceptors (Lipinski definition) is 5. The molecule has 1 fully saturated rings. The largest absolute Gasteiger partial charge is 0.497 e. The number of carbonyl (C=O) groups is 1. The minimum absolute atomic E-state index is 0.406. The van der Waals surface area contributed by atoms with Crippen molar-refractivity contribution < 1.29 is 19.0 Å². The van der Waals surface area contributed by atoms with Gasteiger partial charge < -0.3 is 14.2 Å². The quantitative estimate of drug-likeness (QED) is 0.776. The summed E-state index contributed by atoms with van der Waals surface area (Å²) in [6.45, 7) is 3.73. The molecule has 1 heterocycles. The van der Waals surface area contributed by atoms with Crippen LogP contribution in [-0.4, -0.2) is 50.5 Å². The summed E-state index contributed by atoms with van der Waals surface area (Å²) in [5.74, 6) is -0.675. The molecule has 0 amide bonds. The Hall–Kier alpha value is -1.59. The van der Waals surface area contributed by atoms with Crippen molar-refractivity contribution in [2.75, 3.05) is 33.9 Å². The first kappa shape index (κ1) is 13.8. The highest BCUT2D eigenvalue weighted by Crippen LogP contribution is 2.21. The Morgan fingerprint density at radius 1 is 1.47 bits per heavy atom. The average molecular weight is 265 g/mol. The Morgan fingerprint density at radius 2 is 2.26 bits per heavy atom. The minimum atomic E-state index is -0.896. The molecule has 0 radical (unpaired) electrons. The summed E-state index contributed by atoms with van der Waals surface area (Å²) in [6, 6.07) is 6.88. The Morgan fingerprint density at radius 3 is 2.95 bits per heavy atom. The molecule has 1 aromatic rings. The van der Waals surface area contributed by atoms with E-state index in [-0.39, 0.29) is 0 Å². The zero-order chi connectivity index (χ0) is 13.9. The maximum absolute atomic E-state index is 12.1. The van der Waals surface area contributed by atoms with E-state index in [1.165, 1.54) is 0 Å². The zero-order valence-electron chi connectivity index (χ0n) is 11.5. The topological polar surface area (TPSA) is 48.0 Å². The van der Waals surface area contributed by atoms with Crippen LogP contribution in [0.1, 0.15) is 17.3 Å². The fraction of sp³-hybridized carbons (Fsp3) is 0.500. The van der Waals surface area contributed by atoms with E-state index in [0.29, 0.717) is 24.5 Å². The first-order valence-corrected chi connectivity index (χ1v) is 6.22. The van der Waals surface area contributed by atoms with Crippen molar-refractivity contribution >= 4 is 5.97 Å². The highest BCUT2D eigenvalue weighted by molar-refractivity contribution is 5.90. The molecule has 1 aliphatic rings. The van der Waals surface area contributed by atoms with Crippen LogP contribution in [0.2, 0.25) is 0 Å². The Labute approximate surface area is 113 Å². The lowest BCUT2D eigenvalue weighted by atomic mass is 10.2. The third kappa shape index (κ3) is 3.45. The van der Waals surface area contributed by atoms with Gasteiger partial charge in [-0.25, -0.2) is 4.79 Å². The van der Waals surface area contributed by atoms with E-state index in [1.54, 1.807) is 38.3 Å². The Bertz CT molecular complexity index is 463.